The summed E-state index contributed by atoms with van der Waals surface area (Å²) in [6.07, 6.45) is 3.34. The normalized spacial score (nSPS) is 10.7. The molecule has 0 aliphatic rings. The quantitative estimate of drug-likeness (QED) is 0.655. The molecule has 0 saturated heterocycles. The van der Waals surface area contributed by atoms with Crippen LogP contribution < -0.4 is 5.56 Å². The summed E-state index contributed by atoms with van der Waals surface area (Å²) in [4.78, 5) is 16.9. The van der Waals surface area contributed by atoms with E-state index in [0.717, 1.165) is 16.8 Å². The van der Waals surface area contributed by atoms with Crippen LogP contribution in [0.4, 0.5) is 0 Å². The highest BCUT2D eigenvalue weighted by Gasteiger charge is 2.09. The summed E-state index contributed by atoms with van der Waals surface area (Å²) in [5.74, 6) is 0.611. The van der Waals surface area contributed by atoms with Crippen LogP contribution in [0.5, 0.6) is 0 Å². The largest absolute Gasteiger partial charge is 0.287 e. The first kappa shape index (κ1) is 15.8. The second-order valence-electron chi connectivity index (χ2n) is 5.13. The summed E-state index contributed by atoms with van der Waals surface area (Å²) >= 11 is 7.56. The number of aromatic nitrogens is 2. The van der Waals surface area contributed by atoms with Crippen molar-refractivity contribution in [2.45, 2.75) is 17.7 Å². The van der Waals surface area contributed by atoms with Crippen LogP contribution in [0.25, 0.3) is 5.69 Å². The molecule has 0 bridgehead atoms. The van der Waals surface area contributed by atoms with Crippen molar-refractivity contribution >= 4 is 23.4 Å². The van der Waals surface area contributed by atoms with Gasteiger partial charge in [-0.2, -0.15) is 0 Å². The highest BCUT2D eigenvalue weighted by atomic mass is 35.5. The smallest absolute Gasteiger partial charge is 0.280 e. The van der Waals surface area contributed by atoms with Crippen LogP contribution in [0.1, 0.15) is 11.1 Å². The van der Waals surface area contributed by atoms with Gasteiger partial charge in [0.25, 0.3) is 5.56 Å². The standard InChI is InChI=1S/C18H15ClN2OS/c1-13-5-4-7-15(11-13)21-10-9-20-17(18(21)22)23-12-14-6-2-3-8-16(14)19/h2-11H,12H2,1H3. The second-order valence-corrected chi connectivity index (χ2v) is 6.50. The number of nitrogens with zero attached hydrogens (tertiary/aromatic N) is 2. The molecule has 0 spiro atoms. The van der Waals surface area contributed by atoms with Gasteiger partial charge in [0.1, 0.15) is 0 Å². The Hall–Kier alpha value is -2.04. The van der Waals surface area contributed by atoms with E-state index in [9.17, 15) is 4.79 Å². The lowest BCUT2D eigenvalue weighted by Crippen LogP contribution is -2.20. The lowest BCUT2D eigenvalue weighted by Gasteiger charge is -2.08. The van der Waals surface area contributed by atoms with Crippen LogP contribution >= 0.6 is 23.4 Å². The van der Waals surface area contributed by atoms with Crippen LogP contribution in [0, 0.1) is 6.92 Å². The van der Waals surface area contributed by atoms with Crippen molar-refractivity contribution < 1.29 is 0 Å². The SMILES string of the molecule is Cc1cccc(-n2ccnc(SCc3ccccc3Cl)c2=O)c1. The van der Waals surface area contributed by atoms with Crippen LogP contribution in [-0.4, -0.2) is 9.55 Å². The zero-order valence-corrected chi connectivity index (χ0v) is 14.1. The molecule has 23 heavy (non-hydrogen) atoms. The van der Waals surface area contributed by atoms with Gasteiger partial charge in [0, 0.05) is 28.9 Å². The van der Waals surface area contributed by atoms with Crippen molar-refractivity contribution in [2.24, 2.45) is 0 Å². The van der Waals surface area contributed by atoms with E-state index >= 15 is 0 Å². The maximum Gasteiger partial charge on any atom is 0.287 e. The molecule has 0 fully saturated rings. The fourth-order valence-corrected chi connectivity index (χ4v) is 3.42. The van der Waals surface area contributed by atoms with Crippen molar-refractivity contribution in [1.82, 2.24) is 9.55 Å². The number of benzene rings is 2. The van der Waals surface area contributed by atoms with Crippen molar-refractivity contribution in [1.29, 1.82) is 0 Å². The molecule has 5 heteroatoms. The number of halogens is 1. The molecule has 0 aliphatic carbocycles. The number of aryl methyl sites for hydroxylation is 1. The topological polar surface area (TPSA) is 34.9 Å². The van der Waals surface area contributed by atoms with E-state index < -0.39 is 0 Å². The number of rotatable bonds is 4. The van der Waals surface area contributed by atoms with Crippen molar-refractivity contribution in [2.75, 3.05) is 0 Å². The predicted molar refractivity (Wildman–Crippen MR) is 95.6 cm³/mol. The second kappa shape index (κ2) is 7.02. The van der Waals surface area contributed by atoms with Gasteiger partial charge in [0.05, 0.1) is 0 Å². The van der Waals surface area contributed by atoms with E-state index in [1.54, 1.807) is 17.0 Å². The summed E-state index contributed by atoms with van der Waals surface area (Å²) in [5, 5.41) is 1.17. The molecule has 2 aromatic carbocycles. The zero-order valence-electron chi connectivity index (χ0n) is 12.6. The number of hydrogen-bond acceptors (Lipinski definition) is 3. The van der Waals surface area contributed by atoms with Gasteiger partial charge in [-0.25, -0.2) is 4.98 Å². The Balaban J connectivity index is 1.89. The van der Waals surface area contributed by atoms with E-state index in [1.807, 2.05) is 55.5 Å². The van der Waals surface area contributed by atoms with Crippen LogP contribution in [-0.2, 0) is 5.75 Å². The molecular weight excluding hydrogens is 328 g/mol. The molecule has 3 nitrogen and oxygen atoms in total. The zero-order chi connectivity index (χ0) is 16.2. The molecule has 0 N–H and O–H groups in total. The van der Waals surface area contributed by atoms with Gasteiger partial charge in [-0.15, -0.1) is 0 Å². The average molecular weight is 343 g/mol. The molecule has 3 aromatic rings. The van der Waals surface area contributed by atoms with Gasteiger partial charge in [0.15, 0.2) is 5.03 Å². The monoisotopic (exact) mass is 342 g/mol. The minimum atomic E-state index is -0.116. The third kappa shape index (κ3) is 3.66. The fraction of sp³-hybridized carbons (Fsp3) is 0.111. The Morgan fingerprint density at radius 1 is 1.17 bits per heavy atom. The minimum absolute atomic E-state index is 0.116. The van der Waals surface area contributed by atoms with Crippen LogP contribution in [0.15, 0.2) is 70.7 Å². The lowest BCUT2D eigenvalue weighted by molar-refractivity contribution is 0.881. The first-order valence-corrected chi connectivity index (χ1v) is 8.52. The average Bonchev–Trinajstić information content (AvgIpc) is 2.55. The Bertz CT molecular complexity index is 892. The molecular formula is C18H15ClN2OS. The Morgan fingerprint density at radius 3 is 2.78 bits per heavy atom. The maximum absolute atomic E-state index is 12.6. The van der Waals surface area contributed by atoms with E-state index in [1.165, 1.54) is 11.8 Å². The van der Waals surface area contributed by atoms with E-state index in [0.29, 0.717) is 15.8 Å². The number of thioether (sulfide) groups is 1. The van der Waals surface area contributed by atoms with E-state index in [-0.39, 0.29) is 5.56 Å². The number of hydrogen-bond donors (Lipinski definition) is 0. The van der Waals surface area contributed by atoms with Crippen LogP contribution in [0.2, 0.25) is 5.02 Å². The van der Waals surface area contributed by atoms with Crippen molar-refractivity contribution in [3.63, 3.8) is 0 Å². The maximum atomic E-state index is 12.6. The van der Waals surface area contributed by atoms with Gasteiger partial charge in [-0.05, 0) is 36.2 Å². The predicted octanol–water partition coefficient (Wildman–Crippen LogP) is 4.49. The van der Waals surface area contributed by atoms with E-state index in [2.05, 4.69) is 4.98 Å². The van der Waals surface area contributed by atoms with Crippen molar-refractivity contribution in [3.05, 3.63) is 87.4 Å². The van der Waals surface area contributed by atoms with E-state index in [4.69, 9.17) is 11.6 Å². The summed E-state index contributed by atoms with van der Waals surface area (Å²) in [6, 6.07) is 15.5. The Kier molecular flexibility index (Phi) is 4.84. The molecule has 0 radical (unpaired) electrons. The molecule has 116 valence electrons. The van der Waals surface area contributed by atoms with Gasteiger partial charge < -0.3 is 0 Å². The lowest BCUT2D eigenvalue weighted by atomic mass is 10.2. The highest BCUT2D eigenvalue weighted by molar-refractivity contribution is 7.98. The third-order valence-corrected chi connectivity index (χ3v) is 4.79. The third-order valence-electron chi connectivity index (χ3n) is 3.41. The first-order chi connectivity index (χ1) is 11.1. The van der Waals surface area contributed by atoms with Crippen molar-refractivity contribution in [3.8, 4) is 5.69 Å². The van der Waals surface area contributed by atoms with Gasteiger partial charge in [-0.3, -0.25) is 9.36 Å². The molecule has 1 heterocycles. The van der Waals surface area contributed by atoms with Gasteiger partial charge in [-0.1, -0.05) is 53.7 Å². The van der Waals surface area contributed by atoms with Crippen LogP contribution in [0.3, 0.4) is 0 Å². The molecule has 0 atom stereocenters. The minimum Gasteiger partial charge on any atom is -0.280 e. The first-order valence-electron chi connectivity index (χ1n) is 7.16. The molecule has 0 unspecified atom stereocenters. The molecule has 0 saturated carbocycles. The summed E-state index contributed by atoms with van der Waals surface area (Å²) in [7, 11) is 0. The molecule has 3 rings (SSSR count). The van der Waals surface area contributed by atoms with Gasteiger partial charge in [0.2, 0.25) is 0 Å². The summed E-state index contributed by atoms with van der Waals surface area (Å²) in [5.41, 5.74) is 2.83. The Morgan fingerprint density at radius 2 is 2.00 bits per heavy atom. The fourth-order valence-electron chi connectivity index (χ4n) is 2.24. The molecule has 0 amide bonds. The summed E-state index contributed by atoms with van der Waals surface area (Å²) in [6.45, 7) is 2.00. The van der Waals surface area contributed by atoms with Gasteiger partial charge >= 0.3 is 0 Å². The molecule has 1 aromatic heterocycles. The molecule has 0 aliphatic heterocycles. The highest BCUT2D eigenvalue weighted by Crippen LogP contribution is 2.23. The Labute approximate surface area is 144 Å². The summed E-state index contributed by atoms with van der Waals surface area (Å²) < 4.78 is 1.62.